The zero-order chi connectivity index (χ0) is 31.0. The molecule has 15 heteroatoms. The molecule has 1 atom stereocenters. The highest BCUT2D eigenvalue weighted by Crippen LogP contribution is 2.45. The summed E-state index contributed by atoms with van der Waals surface area (Å²) in [7, 11) is 0. The van der Waals surface area contributed by atoms with Crippen molar-refractivity contribution in [1.82, 2.24) is 9.97 Å². The molecule has 0 saturated carbocycles. The molecule has 1 aromatic heterocycles. The molecule has 2 heterocycles. The van der Waals surface area contributed by atoms with Crippen LogP contribution in [0.2, 0.25) is 0 Å². The van der Waals surface area contributed by atoms with Gasteiger partial charge in [0, 0.05) is 43.0 Å². The van der Waals surface area contributed by atoms with Gasteiger partial charge in [-0.1, -0.05) is 30.3 Å². The average molecular weight is 597 g/mol. The first-order valence-electron chi connectivity index (χ1n) is 12.5. The molecule has 1 saturated heterocycles. The zero-order valence-electron chi connectivity index (χ0n) is 22.4. The van der Waals surface area contributed by atoms with E-state index in [0.29, 0.717) is 37.8 Å². The van der Waals surface area contributed by atoms with Crippen LogP contribution < -0.4 is 21.3 Å². The van der Waals surface area contributed by atoms with Crippen molar-refractivity contribution in [1.29, 1.82) is 0 Å². The molecule has 224 valence electrons. The molecule has 2 aromatic carbocycles. The molecule has 0 spiro atoms. The molecule has 9 nitrogen and oxygen atoms in total. The second kappa shape index (κ2) is 11.0. The smallest absolute Gasteiger partial charge is 0.427 e. The summed E-state index contributed by atoms with van der Waals surface area (Å²) in [6.45, 7) is 5.70. The van der Waals surface area contributed by atoms with E-state index >= 15 is 0 Å². The van der Waals surface area contributed by atoms with Gasteiger partial charge in [-0.2, -0.15) is 26.3 Å². The van der Waals surface area contributed by atoms with Gasteiger partial charge in [0.2, 0.25) is 0 Å². The number of carbonyl (C=O) groups is 2. The maximum absolute atomic E-state index is 14.2. The topological polar surface area (TPSA) is 128 Å². The number of alkyl halides is 6. The standard InChI is InChI=1S/C27H26F6N6O3/c1-15-7-8-17(25(23(35)40,27(31,32)33)42-24(41)26(28,29)30)13-18(15)19-14-36-21(34)22(37-19)39-11-9-38(10-12-39)20-6-4-3-5-16(20)2/h3-8,13-14H,9-12H2,1-2H3,(H2,34,36)(H2,35,40). The number of para-hydroxylation sites is 1. The number of benzene rings is 2. The fraction of sp³-hybridized carbons (Fsp3) is 0.333. The molecule has 1 aliphatic heterocycles. The number of aromatic nitrogens is 2. The third-order valence-electron chi connectivity index (χ3n) is 6.96. The first-order valence-corrected chi connectivity index (χ1v) is 12.5. The van der Waals surface area contributed by atoms with Crippen molar-refractivity contribution in [2.75, 3.05) is 41.7 Å². The Labute approximate surface area is 236 Å². The Morgan fingerprint density at radius 2 is 1.52 bits per heavy atom. The Hall–Kier alpha value is -4.56. The molecule has 1 unspecified atom stereocenters. The molecule has 1 fully saturated rings. The van der Waals surface area contributed by atoms with Crippen LogP contribution in [0.4, 0.5) is 43.7 Å². The lowest BCUT2D eigenvalue weighted by atomic mass is 9.88. The summed E-state index contributed by atoms with van der Waals surface area (Å²) in [5, 5.41) is 0. The summed E-state index contributed by atoms with van der Waals surface area (Å²) in [5.74, 6) is -5.29. The molecule has 1 amide bonds. The molecule has 4 rings (SSSR count). The summed E-state index contributed by atoms with van der Waals surface area (Å²) in [6, 6.07) is 10.4. The van der Waals surface area contributed by atoms with Crippen LogP contribution in [0.3, 0.4) is 0 Å². The lowest BCUT2D eigenvalue weighted by Crippen LogP contribution is -2.57. The van der Waals surface area contributed by atoms with Gasteiger partial charge in [-0.05, 0) is 37.1 Å². The predicted octanol–water partition coefficient (Wildman–Crippen LogP) is 4.02. The minimum absolute atomic E-state index is 0.0163. The lowest BCUT2D eigenvalue weighted by molar-refractivity contribution is -0.280. The van der Waals surface area contributed by atoms with Crippen LogP contribution in [0.5, 0.6) is 0 Å². The number of esters is 1. The van der Waals surface area contributed by atoms with Gasteiger partial charge in [-0.3, -0.25) is 4.79 Å². The number of piperazine rings is 1. The Bertz CT molecular complexity index is 1500. The number of ether oxygens (including phenoxy) is 1. The Morgan fingerprint density at radius 1 is 0.905 bits per heavy atom. The first kappa shape index (κ1) is 30.4. The largest absolute Gasteiger partial charge is 0.490 e. The number of aryl methyl sites for hydroxylation is 2. The number of hydrogen-bond donors (Lipinski definition) is 2. The molecule has 0 radical (unpaired) electrons. The summed E-state index contributed by atoms with van der Waals surface area (Å²) in [6.07, 6.45) is -10.5. The number of carbonyl (C=O) groups excluding carboxylic acids is 2. The van der Waals surface area contributed by atoms with Crippen molar-refractivity contribution in [3.8, 4) is 11.3 Å². The number of primary amides is 1. The molecular formula is C27H26F6N6O3. The third kappa shape index (κ3) is 5.63. The number of nitrogens with zero attached hydrogens (tertiary/aromatic N) is 4. The maximum atomic E-state index is 14.2. The van der Waals surface area contributed by atoms with Gasteiger partial charge >= 0.3 is 23.9 Å². The van der Waals surface area contributed by atoms with E-state index < -0.39 is 35.4 Å². The van der Waals surface area contributed by atoms with Crippen LogP contribution in [0.25, 0.3) is 11.3 Å². The van der Waals surface area contributed by atoms with Crippen LogP contribution in [0, 0.1) is 13.8 Å². The van der Waals surface area contributed by atoms with Crippen LogP contribution in [-0.4, -0.2) is 60.4 Å². The second-order valence-corrected chi connectivity index (χ2v) is 9.68. The molecular weight excluding hydrogens is 570 g/mol. The second-order valence-electron chi connectivity index (χ2n) is 9.68. The minimum atomic E-state index is -5.85. The number of amides is 1. The Kier molecular flexibility index (Phi) is 7.98. The highest BCUT2D eigenvalue weighted by Gasteiger charge is 2.66. The number of rotatable bonds is 6. The predicted molar refractivity (Wildman–Crippen MR) is 141 cm³/mol. The number of halogens is 6. The Balaban J connectivity index is 1.72. The SMILES string of the molecule is Cc1ccc(C(OC(=O)C(F)(F)F)(C(N)=O)C(F)(F)F)cc1-c1cnc(N)c(N2CCN(c3ccccc3C)CC2)n1. The van der Waals surface area contributed by atoms with Crippen molar-refractivity contribution in [2.45, 2.75) is 31.8 Å². The fourth-order valence-electron chi connectivity index (χ4n) is 4.76. The van der Waals surface area contributed by atoms with Crippen molar-refractivity contribution < 1.29 is 40.7 Å². The number of nitrogen functional groups attached to an aromatic ring is 1. The third-order valence-corrected chi connectivity index (χ3v) is 6.96. The summed E-state index contributed by atoms with van der Waals surface area (Å²) in [4.78, 5) is 36.3. The van der Waals surface area contributed by atoms with E-state index in [-0.39, 0.29) is 22.9 Å². The molecule has 4 N–H and O–H groups in total. The normalized spacial score (nSPS) is 15.7. The number of anilines is 3. The average Bonchev–Trinajstić information content (AvgIpc) is 2.91. The van der Waals surface area contributed by atoms with Crippen LogP contribution in [0.15, 0.2) is 48.7 Å². The van der Waals surface area contributed by atoms with E-state index in [1.165, 1.54) is 13.1 Å². The quantitative estimate of drug-likeness (QED) is 0.323. The number of nitrogens with two attached hydrogens (primary N) is 2. The fourth-order valence-corrected chi connectivity index (χ4v) is 4.76. The first-order chi connectivity index (χ1) is 19.6. The van der Waals surface area contributed by atoms with E-state index in [2.05, 4.69) is 19.6 Å². The van der Waals surface area contributed by atoms with E-state index in [0.717, 1.165) is 23.4 Å². The van der Waals surface area contributed by atoms with Crippen LogP contribution >= 0.6 is 0 Å². The minimum Gasteiger partial charge on any atom is -0.427 e. The zero-order valence-corrected chi connectivity index (χ0v) is 22.4. The van der Waals surface area contributed by atoms with E-state index in [9.17, 15) is 35.9 Å². The Morgan fingerprint density at radius 3 is 2.10 bits per heavy atom. The van der Waals surface area contributed by atoms with Gasteiger partial charge in [0.05, 0.1) is 11.9 Å². The van der Waals surface area contributed by atoms with Crippen LogP contribution in [-0.2, 0) is 19.9 Å². The lowest BCUT2D eigenvalue weighted by Gasteiger charge is -2.37. The highest BCUT2D eigenvalue weighted by atomic mass is 19.4. The van der Waals surface area contributed by atoms with Gasteiger partial charge in [0.25, 0.3) is 5.91 Å². The van der Waals surface area contributed by atoms with Gasteiger partial charge in [0.1, 0.15) is 0 Å². The van der Waals surface area contributed by atoms with E-state index in [4.69, 9.17) is 11.5 Å². The van der Waals surface area contributed by atoms with Crippen LogP contribution in [0.1, 0.15) is 16.7 Å². The van der Waals surface area contributed by atoms with Crippen molar-refractivity contribution in [3.63, 3.8) is 0 Å². The molecule has 0 bridgehead atoms. The summed E-state index contributed by atoms with van der Waals surface area (Å²) >= 11 is 0. The van der Waals surface area contributed by atoms with E-state index in [1.807, 2.05) is 36.1 Å². The van der Waals surface area contributed by atoms with Gasteiger partial charge < -0.3 is 26.0 Å². The molecule has 42 heavy (non-hydrogen) atoms. The van der Waals surface area contributed by atoms with E-state index in [1.54, 1.807) is 0 Å². The summed E-state index contributed by atoms with van der Waals surface area (Å²) < 4.78 is 85.3. The summed E-state index contributed by atoms with van der Waals surface area (Å²) in [5.41, 5.74) is 7.97. The highest BCUT2D eigenvalue weighted by molar-refractivity contribution is 5.90. The maximum Gasteiger partial charge on any atom is 0.490 e. The monoisotopic (exact) mass is 596 g/mol. The molecule has 1 aliphatic rings. The van der Waals surface area contributed by atoms with Gasteiger partial charge in [-0.25, -0.2) is 14.8 Å². The van der Waals surface area contributed by atoms with Crippen molar-refractivity contribution >= 4 is 29.2 Å². The molecule has 3 aromatic rings. The molecule has 0 aliphatic carbocycles. The number of hydrogen-bond acceptors (Lipinski definition) is 8. The van der Waals surface area contributed by atoms with Gasteiger partial charge in [0.15, 0.2) is 11.6 Å². The van der Waals surface area contributed by atoms with Crippen molar-refractivity contribution in [2.24, 2.45) is 5.73 Å². The van der Waals surface area contributed by atoms with Crippen molar-refractivity contribution in [3.05, 3.63) is 65.4 Å². The van der Waals surface area contributed by atoms with Gasteiger partial charge in [-0.15, -0.1) is 0 Å².